The van der Waals surface area contributed by atoms with Crippen LogP contribution in [0.2, 0.25) is 0 Å². The van der Waals surface area contributed by atoms with Crippen molar-refractivity contribution in [2.24, 2.45) is 0 Å². The summed E-state index contributed by atoms with van der Waals surface area (Å²) in [5, 5.41) is 3.68. The van der Waals surface area contributed by atoms with E-state index in [1.165, 1.54) is 37.7 Å². The van der Waals surface area contributed by atoms with Crippen molar-refractivity contribution in [2.45, 2.75) is 44.6 Å². The standard InChI is InChI=1S/C16H23N/c1-16(12-6-3-7-13-16)17-14-8-11-15-9-4-2-5-10-15/h2,4-5,8-11,17H,3,6-7,12-14H2,1H3/b11-8+. The molecule has 0 saturated heterocycles. The molecule has 1 fully saturated rings. The second-order valence-corrected chi connectivity index (χ2v) is 5.32. The van der Waals surface area contributed by atoms with E-state index in [1.54, 1.807) is 0 Å². The Bertz CT molecular complexity index is 347. The second kappa shape index (κ2) is 6.02. The molecule has 0 heterocycles. The lowest BCUT2D eigenvalue weighted by atomic mass is 9.83. The summed E-state index contributed by atoms with van der Waals surface area (Å²) in [4.78, 5) is 0. The van der Waals surface area contributed by atoms with E-state index in [2.05, 4.69) is 54.7 Å². The Balaban J connectivity index is 1.77. The number of rotatable bonds is 4. The van der Waals surface area contributed by atoms with Gasteiger partial charge in [-0.05, 0) is 25.3 Å². The first-order valence-electron chi connectivity index (χ1n) is 6.75. The van der Waals surface area contributed by atoms with Crippen LogP contribution in [0.5, 0.6) is 0 Å². The predicted octanol–water partition coefficient (Wildman–Crippen LogP) is 4.01. The van der Waals surface area contributed by atoms with E-state index in [1.807, 2.05) is 0 Å². The topological polar surface area (TPSA) is 12.0 Å². The summed E-state index contributed by atoms with van der Waals surface area (Å²) in [6, 6.07) is 10.5. The molecule has 0 aliphatic heterocycles. The molecule has 1 aliphatic rings. The van der Waals surface area contributed by atoms with Crippen molar-refractivity contribution >= 4 is 6.08 Å². The summed E-state index contributed by atoms with van der Waals surface area (Å²) in [6.45, 7) is 3.34. The van der Waals surface area contributed by atoms with E-state index in [4.69, 9.17) is 0 Å². The molecule has 0 aromatic heterocycles. The summed E-state index contributed by atoms with van der Waals surface area (Å²) in [6.07, 6.45) is 11.3. The summed E-state index contributed by atoms with van der Waals surface area (Å²) in [5.41, 5.74) is 1.65. The molecular formula is C16H23N. The van der Waals surface area contributed by atoms with Crippen molar-refractivity contribution in [2.75, 3.05) is 6.54 Å². The van der Waals surface area contributed by atoms with Crippen LogP contribution in [-0.2, 0) is 0 Å². The molecule has 1 N–H and O–H groups in total. The predicted molar refractivity (Wildman–Crippen MR) is 75.0 cm³/mol. The van der Waals surface area contributed by atoms with Crippen molar-refractivity contribution in [3.63, 3.8) is 0 Å². The summed E-state index contributed by atoms with van der Waals surface area (Å²) in [7, 11) is 0. The molecule has 1 saturated carbocycles. The average molecular weight is 229 g/mol. The average Bonchev–Trinajstić information content (AvgIpc) is 2.37. The molecule has 17 heavy (non-hydrogen) atoms. The Morgan fingerprint density at radius 3 is 2.53 bits per heavy atom. The third kappa shape index (κ3) is 4.01. The van der Waals surface area contributed by atoms with Crippen LogP contribution < -0.4 is 5.32 Å². The van der Waals surface area contributed by atoms with E-state index >= 15 is 0 Å². The molecule has 1 aromatic rings. The molecule has 2 rings (SSSR count). The fourth-order valence-corrected chi connectivity index (χ4v) is 2.57. The van der Waals surface area contributed by atoms with Crippen LogP contribution in [0.1, 0.15) is 44.6 Å². The maximum Gasteiger partial charge on any atom is 0.0156 e. The first kappa shape index (κ1) is 12.4. The molecule has 1 nitrogen and oxygen atoms in total. The number of nitrogens with one attached hydrogen (secondary N) is 1. The maximum absolute atomic E-state index is 3.68. The van der Waals surface area contributed by atoms with Gasteiger partial charge in [-0.3, -0.25) is 0 Å². The van der Waals surface area contributed by atoms with Crippen LogP contribution in [0.4, 0.5) is 0 Å². The van der Waals surface area contributed by atoms with Crippen LogP contribution in [0.25, 0.3) is 6.08 Å². The van der Waals surface area contributed by atoms with Gasteiger partial charge < -0.3 is 5.32 Å². The van der Waals surface area contributed by atoms with Crippen LogP contribution in [0, 0.1) is 0 Å². The van der Waals surface area contributed by atoms with Gasteiger partial charge in [-0.25, -0.2) is 0 Å². The van der Waals surface area contributed by atoms with Crippen molar-refractivity contribution in [3.05, 3.63) is 42.0 Å². The zero-order valence-corrected chi connectivity index (χ0v) is 10.8. The second-order valence-electron chi connectivity index (χ2n) is 5.32. The molecule has 0 radical (unpaired) electrons. The highest BCUT2D eigenvalue weighted by Crippen LogP contribution is 2.27. The Labute approximate surface area is 105 Å². The van der Waals surface area contributed by atoms with Gasteiger partial charge in [-0.15, -0.1) is 0 Å². The molecule has 0 unspecified atom stereocenters. The third-order valence-corrected chi connectivity index (χ3v) is 3.71. The van der Waals surface area contributed by atoms with Gasteiger partial charge in [0.05, 0.1) is 0 Å². The highest BCUT2D eigenvalue weighted by Gasteiger charge is 2.24. The van der Waals surface area contributed by atoms with Crippen molar-refractivity contribution in [3.8, 4) is 0 Å². The molecule has 0 amide bonds. The van der Waals surface area contributed by atoms with E-state index in [0.29, 0.717) is 5.54 Å². The van der Waals surface area contributed by atoms with E-state index in [9.17, 15) is 0 Å². The zero-order chi connectivity index (χ0) is 12.0. The van der Waals surface area contributed by atoms with E-state index in [0.717, 1.165) is 6.54 Å². The summed E-state index contributed by atoms with van der Waals surface area (Å²) < 4.78 is 0. The largest absolute Gasteiger partial charge is 0.308 e. The number of hydrogen-bond donors (Lipinski definition) is 1. The molecule has 0 spiro atoms. The highest BCUT2D eigenvalue weighted by molar-refractivity contribution is 5.48. The minimum Gasteiger partial charge on any atom is -0.308 e. The Kier molecular flexibility index (Phi) is 4.38. The van der Waals surface area contributed by atoms with Gasteiger partial charge >= 0.3 is 0 Å². The van der Waals surface area contributed by atoms with E-state index in [-0.39, 0.29) is 0 Å². The van der Waals surface area contributed by atoms with Crippen LogP contribution >= 0.6 is 0 Å². The molecule has 1 heteroatoms. The lowest BCUT2D eigenvalue weighted by Gasteiger charge is -2.34. The lowest BCUT2D eigenvalue weighted by Crippen LogP contribution is -2.43. The van der Waals surface area contributed by atoms with Crippen LogP contribution in [-0.4, -0.2) is 12.1 Å². The maximum atomic E-state index is 3.68. The first-order valence-corrected chi connectivity index (χ1v) is 6.75. The Morgan fingerprint density at radius 2 is 1.82 bits per heavy atom. The fourth-order valence-electron chi connectivity index (χ4n) is 2.57. The molecule has 1 aromatic carbocycles. The Morgan fingerprint density at radius 1 is 1.12 bits per heavy atom. The summed E-state index contributed by atoms with van der Waals surface area (Å²) in [5.74, 6) is 0. The minimum atomic E-state index is 0.374. The van der Waals surface area contributed by atoms with Gasteiger partial charge in [0.15, 0.2) is 0 Å². The van der Waals surface area contributed by atoms with Gasteiger partial charge in [0.1, 0.15) is 0 Å². The Hall–Kier alpha value is -1.08. The van der Waals surface area contributed by atoms with Crippen molar-refractivity contribution in [1.29, 1.82) is 0 Å². The first-order chi connectivity index (χ1) is 8.29. The summed E-state index contributed by atoms with van der Waals surface area (Å²) >= 11 is 0. The highest BCUT2D eigenvalue weighted by atomic mass is 15.0. The minimum absolute atomic E-state index is 0.374. The van der Waals surface area contributed by atoms with E-state index < -0.39 is 0 Å². The number of benzene rings is 1. The van der Waals surface area contributed by atoms with Gasteiger partial charge in [0.2, 0.25) is 0 Å². The van der Waals surface area contributed by atoms with Crippen LogP contribution in [0.3, 0.4) is 0 Å². The molecule has 92 valence electrons. The van der Waals surface area contributed by atoms with Gasteiger partial charge in [0, 0.05) is 12.1 Å². The lowest BCUT2D eigenvalue weighted by molar-refractivity contribution is 0.263. The molecule has 0 bridgehead atoms. The van der Waals surface area contributed by atoms with Gasteiger partial charge in [0.25, 0.3) is 0 Å². The zero-order valence-electron chi connectivity index (χ0n) is 10.8. The fraction of sp³-hybridized carbons (Fsp3) is 0.500. The molecule has 0 atom stereocenters. The van der Waals surface area contributed by atoms with Gasteiger partial charge in [-0.2, -0.15) is 0 Å². The molecule has 1 aliphatic carbocycles. The smallest absolute Gasteiger partial charge is 0.0156 e. The van der Waals surface area contributed by atoms with Gasteiger partial charge in [-0.1, -0.05) is 61.7 Å². The normalized spacial score (nSPS) is 19.6. The molecular weight excluding hydrogens is 206 g/mol. The van der Waals surface area contributed by atoms with Crippen LogP contribution in [0.15, 0.2) is 36.4 Å². The van der Waals surface area contributed by atoms with Crippen molar-refractivity contribution in [1.82, 2.24) is 5.32 Å². The third-order valence-electron chi connectivity index (χ3n) is 3.71. The quantitative estimate of drug-likeness (QED) is 0.822. The van der Waals surface area contributed by atoms with Crippen molar-refractivity contribution < 1.29 is 0 Å². The number of hydrogen-bond acceptors (Lipinski definition) is 1. The monoisotopic (exact) mass is 229 g/mol. The SMILES string of the molecule is CC1(NC/C=C/c2ccccc2)CCCCC1.